The van der Waals surface area contributed by atoms with Gasteiger partial charge < -0.3 is 10.2 Å². The van der Waals surface area contributed by atoms with Gasteiger partial charge in [-0.3, -0.25) is 0 Å². The van der Waals surface area contributed by atoms with Gasteiger partial charge in [-0.1, -0.05) is 13.0 Å². The summed E-state index contributed by atoms with van der Waals surface area (Å²) in [6, 6.07) is 5.87. The highest BCUT2D eigenvalue weighted by molar-refractivity contribution is 9.10. The maximum absolute atomic E-state index is 9.43. The Balaban J connectivity index is 2.68. The molecule has 1 aromatic carbocycles. The number of hydrogen-bond donors (Lipinski definition) is 2. The van der Waals surface area contributed by atoms with Gasteiger partial charge in [-0.2, -0.15) is 0 Å². The largest absolute Gasteiger partial charge is 0.396 e. The van der Waals surface area contributed by atoms with E-state index in [1.807, 2.05) is 25.1 Å². The van der Waals surface area contributed by atoms with Crippen molar-refractivity contribution in [3.8, 4) is 0 Å². The zero-order valence-electron chi connectivity index (χ0n) is 9.48. The van der Waals surface area contributed by atoms with Gasteiger partial charge in [-0.05, 0) is 46.5 Å². The Bertz CT molecular complexity index is 342. The molecule has 2 atom stereocenters. The number of halogens is 1. The van der Waals surface area contributed by atoms with Crippen molar-refractivity contribution in [1.82, 2.24) is 0 Å². The Labute approximate surface area is 109 Å². The van der Waals surface area contributed by atoms with Gasteiger partial charge in [0, 0.05) is 21.7 Å². The Hall–Kier alpha value is -0.0300. The zero-order chi connectivity index (χ0) is 12.1. The molecule has 0 spiro atoms. The molecular weight excluding hydrogens is 288 g/mol. The standard InChI is InChI=1S/C12H17BrO2S/c1-8(6-14)7-16-12-4-3-10(9(2)15)5-11(12)13/h3-5,8-9,14-15H,6-7H2,1-2H3/t8?,9-/m1/s1. The molecule has 0 radical (unpaired) electrons. The van der Waals surface area contributed by atoms with E-state index in [0.29, 0.717) is 5.92 Å². The summed E-state index contributed by atoms with van der Waals surface area (Å²) in [6.07, 6.45) is -0.438. The lowest BCUT2D eigenvalue weighted by Gasteiger charge is -2.11. The third-order valence-corrected chi connectivity index (χ3v) is 4.59. The summed E-state index contributed by atoms with van der Waals surface area (Å²) in [6.45, 7) is 3.99. The Morgan fingerprint density at radius 1 is 1.38 bits per heavy atom. The van der Waals surface area contributed by atoms with E-state index in [0.717, 1.165) is 20.7 Å². The predicted molar refractivity (Wildman–Crippen MR) is 71.7 cm³/mol. The van der Waals surface area contributed by atoms with Crippen molar-refractivity contribution in [3.05, 3.63) is 28.2 Å². The van der Waals surface area contributed by atoms with Crippen LogP contribution in [0.4, 0.5) is 0 Å². The van der Waals surface area contributed by atoms with E-state index in [-0.39, 0.29) is 6.61 Å². The Kier molecular flexibility index (Phi) is 5.83. The molecule has 0 bridgehead atoms. The van der Waals surface area contributed by atoms with Crippen molar-refractivity contribution in [1.29, 1.82) is 0 Å². The summed E-state index contributed by atoms with van der Waals surface area (Å²) in [4.78, 5) is 1.14. The molecule has 0 aliphatic heterocycles. The smallest absolute Gasteiger partial charge is 0.0762 e. The van der Waals surface area contributed by atoms with Gasteiger partial charge >= 0.3 is 0 Å². The van der Waals surface area contributed by atoms with Crippen LogP contribution in [0.1, 0.15) is 25.5 Å². The second-order valence-corrected chi connectivity index (χ2v) is 5.88. The highest BCUT2D eigenvalue weighted by atomic mass is 79.9. The summed E-state index contributed by atoms with van der Waals surface area (Å²) in [7, 11) is 0. The molecule has 16 heavy (non-hydrogen) atoms. The van der Waals surface area contributed by atoms with E-state index in [9.17, 15) is 5.11 Å². The Morgan fingerprint density at radius 3 is 2.56 bits per heavy atom. The van der Waals surface area contributed by atoms with Gasteiger partial charge in [0.2, 0.25) is 0 Å². The molecular formula is C12H17BrO2S. The minimum absolute atomic E-state index is 0.219. The number of aliphatic hydroxyl groups is 2. The van der Waals surface area contributed by atoms with E-state index < -0.39 is 6.10 Å². The van der Waals surface area contributed by atoms with Gasteiger partial charge in [0.05, 0.1) is 6.10 Å². The lowest BCUT2D eigenvalue weighted by Crippen LogP contribution is -2.03. The van der Waals surface area contributed by atoms with Crippen LogP contribution in [-0.4, -0.2) is 22.6 Å². The lowest BCUT2D eigenvalue weighted by molar-refractivity contribution is 0.199. The molecule has 0 amide bonds. The number of benzene rings is 1. The molecule has 2 nitrogen and oxygen atoms in total. The summed E-state index contributed by atoms with van der Waals surface area (Å²) < 4.78 is 1.00. The molecule has 2 N–H and O–H groups in total. The molecule has 0 saturated carbocycles. The molecule has 0 heterocycles. The highest BCUT2D eigenvalue weighted by Gasteiger charge is 2.07. The molecule has 1 aromatic rings. The van der Waals surface area contributed by atoms with Crippen LogP contribution >= 0.6 is 27.7 Å². The van der Waals surface area contributed by atoms with Crippen molar-refractivity contribution in [2.75, 3.05) is 12.4 Å². The third kappa shape index (κ3) is 4.09. The minimum atomic E-state index is -0.438. The monoisotopic (exact) mass is 304 g/mol. The molecule has 90 valence electrons. The molecule has 1 unspecified atom stereocenters. The first-order valence-corrected chi connectivity index (χ1v) is 7.03. The third-order valence-electron chi connectivity index (χ3n) is 2.27. The van der Waals surface area contributed by atoms with Crippen LogP contribution in [0.25, 0.3) is 0 Å². The fourth-order valence-corrected chi connectivity index (χ4v) is 2.85. The summed E-state index contributed by atoms with van der Waals surface area (Å²) in [5.41, 5.74) is 0.909. The second-order valence-electron chi connectivity index (χ2n) is 3.96. The van der Waals surface area contributed by atoms with Gasteiger partial charge in [-0.15, -0.1) is 11.8 Å². The van der Waals surface area contributed by atoms with Crippen LogP contribution in [-0.2, 0) is 0 Å². The molecule has 1 rings (SSSR count). The maximum Gasteiger partial charge on any atom is 0.0762 e. The second kappa shape index (κ2) is 6.64. The average Bonchev–Trinajstić information content (AvgIpc) is 2.26. The van der Waals surface area contributed by atoms with E-state index in [1.54, 1.807) is 18.7 Å². The van der Waals surface area contributed by atoms with Gasteiger partial charge in [-0.25, -0.2) is 0 Å². The first-order chi connectivity index (χ1) is 7.54. The van der Waals surface area contributed by atoms with E-state index in [1.165, 1.54) is 0 Å². The van der Waals surface area contributed by atoms with Gasteiger partial charge in [0.1, 0.15) is 0 Å². The lowest BCUT2D eigenvalue weighted by atomic mass is 10.1. The summed E-state index contributed by atoms with van der Waals surface area (Å²) in [5.74, 6) is 1.19. The molecule has 0 aliphatic rings. The highest BCUT2D eigenvalue weighted by Crippen LogP contribution is 2.31. The van der Waals surface area contributed by atoms with Crippen molar-refractivity contribution in [2.24, 2.45) is 5.92 Å². The quantitative estimate of drug-likeness (QED) is 0.821. The van der Waals surface area contributed by atoms with Crippen LogP contribution in [0, 0.1) is 5.92 Å². The SMILES string of the molecule is CC(CO)CSc1ccc([C@@H](C)O)cc1Br. The Morgan fingerprint density at radius 2 is 2.06 bits per heavy atom. The van der Waals surface area contributed by atoms with E-state index in [2.05, 4.69) is 15.9 Å². The predicted octanol–water partition coefficient (Wildman–Crippen LogP) is 3.22. The zero-order valence-corrected chi connectivity index (χ0v) is 11.9. The van der Waals surface area contributed by atoms with Gasteiger partial charge in [0.25, 0.3) is 0 Å². The summed E-state index contributed by atoms with van der Waals surface area (Å²) in [5, 5.41) is 18.4. The van der Waals surface area contributed by atoms with Crippen LogP contribution < -0.4 is 0 Å². The fraction of sp³-hybridized carbons (Fsp3) is 0.500. The van der Waals surface area contributed by atoms with E-state index >= 15 is 0 Å². The molecule has 4 heteroatoms. The molecule has 0 saturated heterocycles. The normalized spacial score (nSPS) is 14.8. The molecule has 0 fully saturated rings. The van der Waals surface area contributed by atoms with Crippen LogP contribution in [0.5, 0.6) is 0 Å². The number of rotatable bonds is 5. The summed E-state index contributed by atoms with van der Waals surface area (Å²) >= 11 is 5.20. The fourth-order valence-electron chi connectivity index (χ4n) is 1.18. The van der Waals surface area contributed by atoms with Crippen molar-refractivity contribution < 1.29 is 10.2 Å². The first kappa shape index (κ1) is 14.0. The van der Waals surface area contributed by atoms with Crippen molar-refractivity contribution >= 4 is 27.7 Å². The minimum Gasteiger partial charge on any atom is -0.396 e. The average molecular weight is 305 g/mol. The van der Waals surface area contributed by atoms with E-state index in [4.69, 9.17) is 5.11 Å². The van der Waals surface area contributed by atoms with Crippen LogP contribution in [0.15, 0.2) is 27.6 Å². The van der Waals surface area contributed by atoms with Crippen LogP contribution in [0.2, 0.25) is 0 Å². The number of aliphatic hydroxyl groups excluding tert-OH is 2. The first-order valence-electron chi connectivity index (χ1n) is 5.25. The van der Waals surface area contributed by atoms with Crippen LogP contribution in [0.3, 0.4) is 0 Å². The maximum atomic E-state index is 9.43. The topological polar surface area (TPSA) is 40.5 Å². The van der Waals surface area contributed by atoms with Crippen molar-refractivity contribution in [3.63, 3.8) is 0 Å². The molecule has 0 aliphatic carbocycles. The number of hydrogen-bond acceptors (Lipinski definition) is 3. The van der Waals surface area contributed by atoms with Crippen molar-refractivity contribution in [2.45, 2.75) is 24.8 Å². The molecule has 0 aromatic heterocycles. The number of thioether (sulfide) groups is 1. The van der Waals surface area contributed by atoms with Gasteiger partial charge in [0.15, 0.2) is 0 Å².